The molecule has 0 aliphatic rings. The van der Waals surface area contributed by atoms with E-state index < -0.39 is 0 Å². The van der Waals surface area contributed by atoms with Crippen molar-refractivity contribution in [1.29, 1.82) is 0 Å². The van der Waals surface area contributed by atoms with Crippen LogP contribution in [0, 0.1) is 0 Å². The van der Waals surface area contributed by atoms with Crippen LogP contribution in [0.4, 0.5) is 4.79 Å². The number of carbonyl (C=O) groups is 1. The molecule has 0 rings (SSSR count). The molecule has 0 bridgehead atoms. The van der Waals surface area contributed by atoms with Gasteiger partial charge in [0.05, 0.1) is 0 Å². The molecular weight excluding hydrogens is 236 g/mol. The summed E-state index contributed by atoms with van der Waals surface area (Å²) in [5.74, 6) is 0. The van der Waals surface area contributed by atoms with Crippen molar-refractivity contribution in [2.45, 2.75) is 72.1 Å². The monoisotopic (exact) mass is 270 g/mol. The first-order chi connectivity index (χ1) is 9.17. The van der Waals surface area contributed by atoms with Crippen molar-refractivity contribution in [3.63, 3.8) is 0 Å². The van der Waals surface area contributed by atoms with Crippen LogP contribution in [0.25, 0.3) is 0 Å². The maximum absolute atomic E-state index is 12.3. The van der Waals surface area contributed by atoms with Crippen molar-refractivity contribution in [2.75, 3.05) is 26.7 Å². The Bertz CT molecular complexity index is 219. The quantitative estimate of drug-likeness (QED) is 0.506. The fraction of sp³-hybridized carbons (Fsp3) is 0.938. The Morgan fingerprint density at radius 2 is 1.32 bits per heavy atom. The zero-order valence-electron chi connectivity index (χ0n) is 13.6. The molecule has 19 heavy (non-hydrogen) atoms. The summed E-state index contributed by atoms with van der Waals surface area (Å²) in [6.07, 6.45) is 9.78. The molecule has 0 fully saturated rings. The molecule has 2 amide bonds. The average Bonchev–Trinajstić information content (AvgIpc) is 2.43. The molecule has 0 atom stereocenters. The Morgan fingerprint density at radius 1 is 0.789 bits per heavy atom. The number of hydrogen-bond donors (Lipinski definition) is 0. The van der Waals surface area contributed by atoms with Gasteiger partial charge < -0.3 is 9.80 Å². The molecule has 0 aromatic heterocycles. The molecule has 0 saturated heterocycles. The Labute approximate surface area is 120 Å². The van der Waals surface area contributed by atoms with Crippen LogP contribution in [0.1, 0.15) is 72.1 Å². The maximum atomic E-state index is 12.3. The molecular formula is C16H34N2O. The normalized spacial score (nSPS) is 10.5. The lowest BCUT2D eigenvalue weighted by atomic mass is 10.2. The molecule has 0 heterocycles. The summed E-state index contributed by atoms with van der Waals surface area (Å²) < 4.78 is 0. The van der Waals surface area contributed by atoms with Crippen molar-refractivity contribution in [3.05, 3.63) is 0 Å². The van der Waals surface area contributed by atoms with Crippen molar-refractivity contribution >= 4 is 6.03 Å². The highest BCUT2D eigenvalue weighted by molar-refractivity contribution is 5.74. The van der Waals surface area contributed by atoms with Crippen LogP contribution in [-0.4, -0.2) is 42.5 Å². The Morgan fingerprint density at radius 3 is 1.79 bits per heavy atom. The highest BCUT2D eigenvalue weighted by atomic mass is 16.2. The minimum atomic E-state index is 0.204. The molecule has 114 valence electrons. The van der Waals surface area contributed by atoms with Gasteiger partial charge in [0.15, 0.2) is 0 Å². The Balaban J connectivity index is 3.89. The van der Waals surface area contributed by atoms with Gasteiger partial charge >= 0.3 is 6.03 Å². The van der Waals surface area contributed by atoms with Crippen LogP contribution in [-0.2, 0) is 0 Å². The van der Waals surface area contributed by atoms with Crippen molar-refractivity contribution in [3.8, 4) is 0 Å². The predicted molar refractivity (Wildman–Crippen MR) is 83.6 cm³/mol. The summed E-state index contributed by atoms with van der Waals surface area (Å²) in [5, 5.41) is 0. The zero-order chi connectivity index (χ0) is 14.5. The summed E-state index contributed by atoms with van der Waals surface area (Å²) in [5.41, 5.74) is 0. The predicted octanol–water partition coefficient (Wildman–Crippen LogP) is 4.52. The molecule has 0 aromatic carbocycles. The van der Waals surface area contributed by atoms with Crippen molar-refractivity contribution < 1.29 is 4.79 Å². The smallest absolute Gasteiger partial charge is 0.319 e. The SMILES string of the molecule is CCCCCCN(C)C(=O)N(CC)CCCCCC. The molecule has 0 saturated carbocycles. The summed E-state index contributed by atoms with van der Waals surface area (Å²) >= 11 is 0. The summed E-state index contributed by atoms with van der Waals surface area (Å²) in [6, 6.07) is 0.204. The highest BCUT2D eigenvalue weighted by Gasteiger charge is 2.15. The Kier molecular flexibility index (Phi) is 11.8. The van der Waals surface area contributed by atoms with E-state index in [4.69, 9.17) is 0 Å². The standard InChI is InChI=1S/C16H34N2O/c1-5-8-10-12-14-17(4)16(19)18(7-3)15-13-11-9-6-2/h5-15H2,1-4H3. The molecule has 3 nitrogen and oxygen atoms in total. The summed E-state index contributed by atoms with van der Waals surface area (Å²) in [7, 11) is 1.93. The van der Waals surface area contributed by atoms with E-state index in [0.29, 0.717) is 0 Å². The second-order valence-electron chi connectivity index (χ2n) is 5.41. The lowest BCUT2D eigenvalue weighted by Crippen LogP contribution is -2.42. The van der Waals surface area contributed by atoms with Gasteiger partial charge in [0.2, 0.25) is 0 Å². The van der Waals surface area contributed by atoms with Crippen molar-refractivity contribution in [1.82, 2.24) is 9.80 Å². The maximum Gasteiger partial charge on any atom is 0.319 e. The number of urea groups is 1. The van der Waals surface area contributed by atoms with Crippen LogP contribution in [0.15, 0.2) is 0 Å². The van der Waals surface area contributed by atoms with Gasteiger partial charge in [0, 0.05) is 26.7 Å². The van der Waals surface area contributed by atoms with E-state index in [1.165, 1.54) is 38.5 Å². The van der Waals surface area contributed by atoms with Crippen LogP contribution in [0.3, 0.4) is 0 Å². The molecule has 0 aliphatic carbocycles. The number of hydrogen-bond acceptors (Lipinski definition) is 1. The van der Waals surface area contributed by atoms with Gasteiger partial charge in [-0.2, -0.15) is 0 Å². The molecule has 0 spiro atoms. The third-order valence-electron chi connectivity index (χ3n) is 3.61. The van der Waals surface area contributed by atoms with Gasteiger partial charge in [-0.3, -0.25) is 0 Å². The lowest BCUT2D eigenvalue weighted by molar-refractivity contribution is 0.163. The topological polar surface area (TPSA) is 23.6 Å². The average molecular weight is 270 g/mol. The highest BCUT2D eigenvalue weighted by Crippen LogP contribution is 2.06. The van der Waals surface area contributed by atoms with E-state index in [9.17, 15) is 4.79 Å². The third-order valence-corrected chi connectivity index (χ3v) is 3.61. The van der Waals surface area contributed by atoms with Gasteiger partial charge in [0.1, 0.15) is 0 Å². The van der Waals surface area contributed by atoms with E-state index in [1.54, 1.807) is 0 Å². The first kappa shape index (κ1) is 18.3. The number of amides is 2. The van der Waals surface area contributed by atoms with E-state index in [2.05, 4.69) is 20.8 Å². The van der Waals surface area contributed by atoms with Crippen LogP contribution >= 0.6 is 0 Å². The second-order valence-corrected chi connectivity index (χ2v) is 5.41. The lowest BCUT2D eigenvalue weighted by Gasteiger charge is -2.27. The molecule has 0 radical (unpaired) electrons. The van der Waals surface area contributed by atoms with E-state index in [1.807, 2.05) is 16.8 Å². The van der Waals surface area contributed by atoms with Crippen molar-refractivity contribution in [2.24, 2.45) is 0 Å². The van der Waals surface area contributed by atoms with Gasteiger partial charge in [-0.05, 0) is 19.8 Å². The number of unbranched alkanes of at least 4 members (excludes halogenated alkanes) is 6. The fourth-order valence-corrected chi connectivity index (χ4v) is 2.23. The summed E-state index contributed by atoms with van der Waals surface area (Å²) in [4.78, 5) is 16.1. The van der Waals surface area contributed by atoms with E-state index in [0.717, 1.165) is 32.5 Å². The minimum absolute atomic E-state index is 0.204. The zero-order valence-corrected chi connectivity index (χ0v) is 13.6. The van der Waals surface area contributed by atoms with E-state index >= 15 is 0 Å². The molecule has 0 aromatic rings. The van der Waals surface area contributed by atoms with Crippen LogP contribution < -0.4 is 0 Å². The second kappa shape index (κ2) is 12.3. The summed E-state index contributed by atoms with van der Waals surface area (Å²) in [6.45, 7) is 9.13. The third kappa shape index (κ3) is 8.90. The van der Waals surface area contributed by atoms with Crippen LogP contribution in [0.5, 0.6) is 0 Å². The molecule has 3 heteroatoms. The van der Waals surface area contributed by atoms with E-state index in [-0.39, 0.29) is 6.03 Å². The molecule has 0 N–H and O–H groups in total. The van der Waals surface area contributed by atoms with Gasteiger partial charge in [-0.1, -0.05) is 52.4 Å². The largest absolute Gasteiger partial charge is 0.328 e. The van der Waals surface area contributed by atoms with Gasteiger partial charge in [0.25, 0.3) is 0 Å². The molecule has 0 unspecified atom stereocenters. The first-order valence-corrected chi connectivity index (χ1v) is 8.17. The number of nitrogens with zero attached hydrogens (tertiary/aromatic N) is 2. The van der Waals surface area contributed by atoms with Gasteiger partial charge in [-0.15, -0.1) is 0 Å². The Hall–Kier alpha value is -0.730. The van der Waals surface area contributed by atoms with Crippen LogP contribution in [0.2, 0.25) is 0 Å². The molecule has 0 aliphatic heterocycles. The van der Waals surface area contributed by atoms with Gasteiger partial charge in [-0.25, -0.2) is 4.79 Å². The minimum Gasteiger partial charge on any atom is -0.328 e. The number of rotatable bonds is 11. The fourth-order valence-electron chi connectivity index (χ4n) is 2.23. The number of carbonyl (C=O) groups excluding carboxylic acids is 1. The first-order valence-electron chi connectivity index (χ1n) is 8.17.